The van der Waals surface area contributed by atoms with E-state index in [1.54, 1.807) is 0 Å². The summed E-state index contributed by atoms with van der Waals surface area (Å²) >= 11 is 0. The highest BCUT2D eigenvalue weighted by Crippen LogP contribution is 2.26. The minimum absolute atomic E-state index is 0.0358. The highest BCUT2D eigenvalue weighted by Gasteiger charge is 2.36. The molecule has 3 rings (SSSR count). The van der Waals surface area contributed by atoms with Gasteiger partial charge in [0.25, 0.3) is 0 Å². The number of benzene rings is 1. The molecule has 1 aromatic carbocycles. The molecule has 2 saturated heterocycles. The third-order valence-electron chi connectivity index (χ3n) is 5.21. The molecule has 0 bridgehead atoms. The fraction of sp³-hybridized carbons (Fsp3) is 0.556. The van der Waals surface area contributed by atoms with Crippen LogP contribution in [0.15, 0.2) is 29.2 Å². The summed E-state index contributed by atoms with van der Waals surface area (Å²) in [5.74, 6) is -1.37. The van der Waals surface area contributed by atoms with Crippen molar-refractivity contribution in [3.05, 3.63) is 29.8 Å². The van der Waals surface area contributed by atoms with Crippen LogP contribution in [0.1, 0.15) is 36.5 Å². The Bertz CT molecular complexity index is 807. The lowest BCUT2D eigenvalue weighted by Gasteiger charge is -2.33. The topological polar surface area (TPSA) is 113 Å². The van der Waals surface area contributed by atoms with Gasteiger partial charge in [0.2, 0.25) is 15.9 Å². The number of carbonyl (C=O) groups is 2. The molecule has 0 spiro atoms. The molecule has 0 saturated carbocycles. The zero-order valence-corrected chi connectivity index (χ0v) is 16.0. The van der Waals surface area contributed by atoms with Gasteiger partial charge in [0, 0.05) is 25.6 Å². The number of ether oxygens (including phenoxy) is 1. The standard InChI is InChI=1S/C18H24N2O6S/c1-18(8-11-26-12-18)19-16(21)13-6-9-20(10-7-13)27(24,25)15-4-2-14(3-5-15)17(22)23/h2-5,13H,6-12H2,1H3,(H,19,21)(H,22,23). The third-order valence-corrected chi connectivity index (χ3v) is 7.12. The summed E-state index contributed by atoms with van der Waals surface area (Å²) in [5, 5.41) is 12.0. The number of carbonyl (C=O) groups excluding carboxylic acids is 1. The summed E-state index contributed by atoms with van der Waals surface area (Å²) in [6.07, 6.45) is 1.68. The Kier molecular flexibility index (Phi) is 5.55. The first-order chi connectivity index (χ1) is 12.7. The van der Waals surface area contributed by atoms with E-state index in [9.17, 15) is 18.0 Å². The Morgan fingerprint density at radius 1 is 1.22 bits per heavy atom. The van der Waals surface area contributed by atoms with Crippen LogP contribution in [0.5, 0.6) is 0 Å². The van der Waals surface area contributed by atoms with Gasteiger partial charge in [-0.1, -0.05) is 0 Å². The third kappa shape index (κ3) is 4.31. The van der Waals surface area contributed by atoms with E-state index >= 15 is 0 Å². The van der Waals surface area contributed by atoms with Crippen molar-refractivity contribution >= 4 is 21.9 Å². The van der Waals surface area contributed by atoms with Crippen LogP contribution in [0.25, 0.3) is 0 Å². The van der Waals surface area contributed by atoms with Crippen molar-refractivity contribution in [3.63, 3.8) is 0 Å². The van der Waals surface area contributed by atoms with Crippen LogP contribution < -0.4 is 5.32 Å². The number of sulfonamides is 1. The second-order valence-corrected chi connectivity index (χ2v) is 9.30. The number of hydrogen-bond donors (Lipinski definition) is 2. The highest BCUT2D eigenvalue weighted by molar-refractivity contribution is 7.89. The van der Waals surface area contributed by atoms with Gasteiger partial charge in [-0.05, 0) is 50.5 Å². The Labute approximate surface area is 158 Å². The molecule has 2 N–H and O–H groups in total. The van der Waals surface area contributed by atoms with E-state index < -0.39 is 16.0 Å². The molecule has 1 unspecified atom stereocenters. The molecule has 1 aromatic rings. The summed E-state index contributed by atoms with van der Waals surface area (Å²) in [6.45, 7) is 3.60. The van der Waals surface area contributed by atoms with Gasteiger partial charge in [0.15, 0.2) is 0 Å². The zero-order valence-electron chi connectivity index (χ0n) is 15.2. The molecule has 2 heterocycles. The second-order valence-electron chi connectivity index (χ2n) is 7.36. The first-order valence-electron chi connectivity index (χ1n) is 8.95. The molecule has 1 amide bonds. The van der Waals surface area contributed by atoms with Gasteiger partial charge in [-0.25, -0.2) is 13.2 Å². The molecule has 9 heteroatoms. The van der Waals surface area contributed by atoms with Crippen molar-refractivity contribution in [1.29, 1.82) is 0 Å². The number of rotatable bonds is 5. The highest BCUT2D eigenvalue weighted by atomic mass is 32.2. The summed E-state index contributed by atoms with van der Waals surface area (Å²) in [5.41, 5.74) is -0.305. The SMILES string of the molecule is CC1(NC(=O)C2CCN(S(=O)(=O)c3ccc(C(=O)O)cc3)CC2)CCOC1. The van der Waals surface area contributed by atoms with E-state index in [1.165, 1.54) is 28.6 Å². The maximum atomic E-state index is 12.7. The number of amides is 1. The van der Waals surface area contributed by atoms with Gasteiger partial charge in [-0.15, -0.1) is 0 Å². The first-order valence-corrected chi connectivity index (χ1v) is 10.4. The van der Waals surface area contributed by atoms with Gasteiger partial charge in [0.05, 0.1) is 22.6 Å². The molecular weight excluding hydrogens is 372 g/mol. The van der Waals surface area contributed by atoms with Gasteiger partial charge in [0.1, 0.15) is 0 Å². The van der Waals surface area contributed by atoms with Gasteiger partial charge < -0.3 is 15.2 Å². The average Bonchev–Trinajstić information content (AvgIpc) is 3.08. The Morgan fingerprint density at radius 2 is 1.85 bits per heavy atom. The number of nitrogens with zero attached hydrogens (tertiary/aromatic N) is 1. The van der Waals surface area contributed by atoms with E-state index in [0.29, 0.717) is 26.1 Å². The number of nitrogens with one attached hydrogen (secondary N) is 1. The van der Waals surface area contributed by atoms with Crippen LogP contribution in [0.4, 0.5) is 0 Å². The van der Waals surface area contributed by atoms with Crippen LogP contribution in [0.3, 0.4) is 0 Å². The summed E-state index contributed by atoms with van der Waals surface area (Å²) in [4.78, 5) is 23.5. The number of hydrogen-bond acceptors (Lipinski definition) is 5. The molecule has 2 fully saturated rings. The Balaban J connectivity index is 1.60. The van der Waals surface area contributed by atoms with Crippen molar-refractivity contribution in [2.24, 2.45) is 5.92 Å². The molecular formula is C18H24N2O6S. The van der Waals surface area contributed by atoms with Crippen molar-refractivity contribution < 1.29 is 27.9 Å². The minimum atomic E-state index is -3.70. The van der Waals surface area contributed by atoms with Crippen molar-refractivity contribution in [3.8, 4) is 0 Å². The van der Waals surface area contributed by atoms with Crippen LogP contribution in [0.2, 0.25) is 0 Å². The van der Waals surface area contributed by atoms with Crippen molar-refractivity contribution in [2.75, 3.05) is 26.3 Å². The molecule has 0 aliphatic carbocycles. The van der Waals surface area contributed by atoms with Crippen molar-refractivity contribution in [2.45, 2.75) is 36.6 Å². The van der Waals surface area contributed by atoms with Crippen molar-refractivity contribution in [1.82, 2.24) is 9.62 Å². The summed E-state index contributed by atoms with van der Waals surface area (Å²) < 4.78 is 32.2. The van der Waals surface area contributed by atoms with Gasteiger partial charge in [-0.2, -0.15) is 4.31 Å². The Morgan fingerprint density at radius 3 is 2.37 bits per heavy atom. The molecule has 148 valence electrons. The zero-order chi connectivity index (χ0) is 19.7. The maximum absolute atomic E-state index is 12.7. The van der Waals surface area contributed by atoms with Gasteiger partial charge in [-0.3, -0.25) is 4.79 Å². The predicted octanol–water partition coefficient (Wildman–Crippen LogP) is 1.08. The molecule has 27 heavy (non-hydrogen) atoms. The number of carboxylic acid groups (broad SMARTS) is 1. The monoisotopic (exact) mass is 396 g/mol. The number of piperidine rings is 1. The van der Waals surface area contributed by atoms with E-state index in [2.05, 4.69) is 5.32 Å². The van der Waals surface area contributed by atoms with Gasteiger partial charge >= 0.3 is 5.97 Å². The fourth-order valence-electron chi connectivity index (χ4n) is 3.44. The van der Waals surface area contributed by atoms with Crippen LogP contribution in [-0.2, 0) is 19.6 Å². The van der Waals surface area contributed by atoms with Crippen LogP contribution >= 0.6 is 0 Å². The van der Waals surface area contributed by atoms with E-state index in [0.717, 1.165) is 6.42 Å². The van der Waals surface area contributed by atoms with Crippen LogP contribution in [-0.4, -0.2) is 61.5 Å². The molecule has 0 aromatic heterocycles. The maximum Gasteiger partial charge on any atom is 0.335 e. The fourth-order valence-corrected chi connectivity index (χ4v) is 4.91. The lowest BCUT2D eigenvalue weighted by atomic mass is 9.94. The molecule has 0 radical (unpaired) electrons. The Hall–Kier alpha value is -1.97. The smallest absolute Gasteiger partial charge is 0.335 e. The molecule has 2 aliphatic rings. The molecule has 1 atom stereocenters. The van der Waals surface area contributed by atoms with E-state index in [4.69, 9.17) is 9.84 Å². The minimum Gasteiger partial charge on any atom is -0.478 e. The lowest BCUT2D eigenvalue weighted by molar-refractivity contribution is -0.128. The second kappa shape index (κ2) is 7.57. The number of aromatic carboxylic acids is 1. The molecule has 2 aliphatic heterocycles. The largest absolute Gasteiger partial charge is 0.478 e. The average molecular weight is 396 g/mol. The van der Waals surface area contributed by atoms with E-state index in [1.807, 2.05) is 6.92 Å². The predicted molar refractivity (Wildman–Crippen MR) is 96.9 cm³/mol. The first kappa shape index (κ1) is 19.8. The van der Waals surface area contributed by atoms with Crippen LogP contribution in [0, 0.1) is 5.92 Å². The summed E-state index contributed by atoms with van der Waals surface area (Å²) in [7, 11) is -3.70. The summed E-state index contributed by atoms with van der Waals surface area (Å²) in [6, 6.07) is 5.16. The lowest BCUT2D eigenvalue weighted by Crippen LogP contribution is -2.51. The number of carboxylic acids is 1. The normalized spacial score (nSPS) is 24.6. The quantitative estimate of drug-likeness (QED) is 0.770. The van der Waals surface area contributed by atoms with E-state index in [-0.39, 0.29) is 40.9 Å². The molecule has 8 nitrogen and oxygen atoms in total.